The summed E-state index contributed by atoms with van der Waals surface area (Å²) < 4.78 is 0. The number of hydrogen-bond donors (Lipinski definition) is 1. The Morgan fingerprint density at radius 1 is 0.704 bits per heavy atom. The van der Waals surface area contributed by atoms with E-state index < -0.39 is 0 Å². The van der Waals surface area contributed by atoms with Gasteiger partial charge in [0.2, 0.25) is 0 Å². The normalized spacial score (nSPS) is 12.2. The molecule has 27 heavy (non-hydrogen) atoms. The monoisotopic (exact) mass is 378 g/mol. The topological polar surface area (TPSA) is 20.2 Å². The summed E-state index contributed by atoms with van der Waals surface area (Å²) in [6.45, 7) is 8.59. The minimum atomic E-state index is -0.338. The van der Waals surface area contributed by atoms with Gasteiger partial charge in [-0.3, -0.25) is 0 Å². The molecule has 1 N–H and O–H groups in total. The van der Waals surface area contributed by atoms with Crippen molar-refractivity contribution in [2.45, 2.75) is 44.4 Å². The van der Waals surface area contributed by atoms with Crippen molar-refractivity contribution in [1.82, 2.24) is 0 Å². The molecule has 140 valence electrons. The SMILES string of the molecule is CC(C)(c1ccccc1)c1cc(CCl)cc(C(C)(C)c2ccccc2)c1O. The molecule has 0 aliphatic rings. The fraction of sp³-hybridized carbons (Fsp3) is 0.280. The van der Waals surface area contributed by atoms with E-state index in [2.05, 4.69) is 52.0 Å². The second-order valence-electron chi connectivity index (χ2n) is 8.16. The van der Waals surface area contributed by atoms with Crippen molar-refractivity contribution in [3.05, 3.63) is 101 Å². The van der Waals surface area contributed by atoms with Crippen LogP contribution in [-0.2, 0) is 16.7 Å². The van der Waals surface area contributed by atoms with Gasteiger partial charge >= 0.3 is 0 Å². The fourth-order valence-corrected chi connectivity index (χ4v) is 3.90. The highest BCUT2D eigenvalue weighted by molar-refractivity contribution is 6.17. The van der Waals surface area contributed by atoms with Gasteiger partial charge in [-0.25, -0.2) is 0 Å². The zero-order valence-corrected chi connectivity index (χ0v) is 17.2. The van der Waals surface area contributed by atoms with Crippen molar-refractivity contribution in [3.63, 3.8) is 0 Å². The highest BCUT2D eigenvalue weighted by Gasteiger charge is 2.33. The van der Waals surface area contributed by atoms with Crippen LogP contribution in [-0.4, -0.2) is 5.11 Å². The van der Waals surface area contributed by atoms with Gasteiger partial charge in [0.15, 0.2) is 0 Å². The van der Waals surface area contributed by atoms with Crippen LogP contribution in [0.25, 0.3) is 0 Å². The molecular weight excluding hydrogens is 352 g/mol. The first kappa shape index (κ1) is 19.5. The number of phenols is 1. The van der Waals surface area contributed by atoms with Gasteiger partial charge in [0, 0.05) is 27.8 Å². The van der Waals surface area contributed by atoms with Gasteiger partial charge in [0.25, 0.3) is 0 Å². The van der Waals surface area contributed by atoms with Gasteiger partial charge in [-0.1, -0.05) is 100 Å². The third-order valence-corrected chi connectivity index (χ3v) is 5.97. The van der Waals surface area contributed by atoms with E-state index in [9.17, 15) is 5.11 Å². The first-order valence-electron chi connectivity index (χ1n) is 9.32. The summed E-state index contributed by atoms with van der Waals surface area (Å²) in [6, 6.07) is 24.7. The van der Waals surface area contributed by atoms with E-state index in [1.807, 2.05) is 48.5 Å². The third kappa shape index (κ3) is 3.61. The van der Waals surface area contributed by atoms with Gasteiger partial charge in [-0.15, -0.1) is 11.6 Å². The number of hydrogen-bond acceptors (Lipinski definition) is 1. The molecule has 0 aliphatic carbocycles. The second-order valence-corrected chi connectivity index (χ2v) is 8.42. The third-order valence-electron chi connectivity index (χ3n) is 5.66. The predicted molar refractivity (Wildman–Crippen MR) is 115 cm³/mol. The Morgan fingerprint density at radius 3 is 1.41 bits per heavy atom. The van der Waals surface area contributed by atoms with Crippen LogP contribution in [0.2, 0.25) is 0 Å². The molecule has 0 bridgehead atoms. The van der Waals surface area contributed by atoms with Gasteiger partial charge in [0.1, 0.15) is 5.75 Å². The number of rotatable bonds is 5. The molecular formula is C25H27ClO. The van der Waals surface area contributed by atoms with E-state index in [4.69, 9.17) is 11.6 Å². The number of aromatic hydroxyl groups is 1. The summed E-state index contributed by atoms with van der Waals surface area (Å²) in [5, 5.41) is 11.4. The lowest BCUT2D eigenvalue weighted by molar-refractivity contribution is 0.433. The van der Waals surface area contributed by atoms with E-state index in [1.165, 1.54) is 0 Å². The summed E-state index contributed by atoms with van der Waals surface area (Å²) in [7, 11) is 0. The lowest BCUT2D eigenvalue weighted by Crippen LogP contribution is -2.24. The van der Waals surface area contributed by atoms with Crippen molar-refractivity contribution in [2.24, 2.45) is 0 Å². The maximum Gasteiger partial charge on any atom is 0.123 e. The smallest absolute Gasteiger partial charge is 0.123 e. The minimum absolute atomic E-state index is 0.338. The van der Waals surface area contributed by atoms with E-state index >= 15 is 0 Å². The molecule has 3 rings (SSSR count). The summed E-state index contributed by atoms with van der Waals surface area (Å²) >= 11 is 6.23. The largest absolute Gasteiger partial charge is 0.507 e. The first-order valence-corrected chi connectivity index (χ1v) is 9.86. The molecule has 0 fully saturated rings. The van der Waals surface area contributed by atoms with E-state index in [0.29, 0.717) is 11.6 Å². The van der Waals surface area contributed by atoms with Gasteiger partial charge in [0.05, 0.1) is 0 Å². The number of halogens is 1. The molecule has 0 atom stereocenters. The molecule has 0 saturated heterocycles. The molecule has 1 nitrogen and oxygen atoms in total. The summed E-state index contributed by atoms with van der Waals surface area (Å²) in [4.78, 5) is 0. The van der Waals surface area contributed by atoms with Crippen LogP contribution in [0, 0.1) is 0 Å². The molecule has 0 aromatic heterocycles. The number of benzene rings is 3. The fourth-order valence-electron chi connectivity index (χ4n) is 3.74. The van der Waals surface area contributed by atoms with Crippen molar-refractivity contribution in [2.75, 3.05) is 0 Å². The average Bonchev–Trinajstić information content (AvgIpc) is 2.69. The van der Waals surface area contributed by atoms with Crippen molar-refractivity contribution in [3.8, 4) is 5.75 Å². The van der Waals surface area contributed by atoms with Gasteiger partial charge in [-0.2, -0.15) is 0 Å². The van der Waals surface area contributed by atoms with Gasteiger partial charge < -0.3 is 5.11 Å². The number of alkyl halides is 1. The van der Waals surface area contributed by atoms with Gasteiger partial charge in [-0.05, 0) is 16.7 Å². The van der Waals surface area contributed by atoms with Crippen LogP contribution >= 0.6 is 11.6 Å². The lowest BCUT2D eigenvalue weighted by atomic mass is 9.72. The summed E-state index contributed by atoms with van der Waals surface area (Å²) in [5.41, 5.74) is 4.49. The summed E-state index contributed by atoms with van der Waals surface area (Å²) in [5.74, 6) is 0.766. The van der Waals surface area contributed by atoms with Crippen LogP contribution in [0.5, 0.6) is 5.75 Å². The average molecular weight is 379 g/mol. The van der Waals surface area contributed by atoms with E-state index in [0.717, 1.165) is 27.8 Å². The van der Waals surface area contributed by atoms with Crippen LogP contribution in [0.4, 0.5) is 0 Å². The molecule has 3 aromatic rings. The Morgan fingerprint density at radius 2 is 1.07 bits per heavy atom. The Hall–Kier alpha value is -2.25. The Bertz CT molecular complexity index is 839. The zero-order chi connectivity index (χ0) is 19.7. The maximum absolute atomic E-state index is 11.4. The highest BCUT2D eigenvalue weighted by atomic mass is 35.5. The lowest BCUT2D eigenvalue weighted by Gasteiger charge is -2.33. The first-order chi connectivity index (χ1) is 12.8. The number of phenolic OH excluding ortho intramolecular Hbond substituents is 1. The summed E-state index contributed by atoms with van der Waals surface area (Å²) in [6.07, 6.45) is 0. The van der Waals surface area contributed by atoms with Crippen molar-refractivity contribution in [1.29, 1.82) is 0 Å². The minimum Gasteiger partial charge on any atom is -0.507 e. The molecule has 0 heterocycles. The van der Waals surface area contributed by atoms with Crippen molar-refractivity contribution >= 4 is 11.6 Å². The molecule has 3 aromatic carbocycles. The quantitative estimate of drug-likeness (QED) is 0.485. The molecule has 0 radical (unpaired) electrons. The van der Waals surface area contributed by atoms with E-state index in [1.54, 1.807) is 0 Å². The van der Waals surface area contributed by atoms with E-state index in [-0.39, 0.29) is 10.8 Å². The van der Waals surface area contributed by atoms with Crippen LogP contribution in [0.1, 0.15) is 55.5 Å². The predicted octanol–water partition coefficient (Wildman–Crippen LogP) is 6.78. The molecule has 0 unspecified atom stereocenters. The molecule has 2 heteroatoms. The highest BCUT2D eigenvalue weighted by Crippen LogP contribution is 2.45. The van der Waals surface area contributed by atoms with Crippen LogP contribution in [0.3, 0.4) is 0 Å². The maximum atomic E-state index is 11.4. The molecule has 0 saturated carbocycles. The van der Waals surface area contributed by atoms with Crippen molar-refractivity contribution < 1.29 is 5.11 Å². The Kier molecular flexibility index (Phi) is 5.35. The standard InChI is InChI=1S/C25H27ClO/c1-24(2,19-11-7-5-8-12-19)21-15-18(17-26)16-22(23(21)27)25(3,4)20-13-9-6-10-14-20/h5-16,27H,17H2,1-4H3. The van der Waals surface area contributed by atoms with Crippen LogP contribution < -0.4 is 0 Å². The molecule has 0 amide bonds. The zero-order valence-electron chi connectivity index (χ0n) is 16.5. The second kappa shape index (κ2) is 7.40. The Balaban J connectivity index is 2.22. The Labute approximate surface area is 167 Å². The molecule has 0 aliphatic heterocycles. The molecule has 0 spiro atoms. The van der Waals surface area contributed by atoms with Crippen LogP contribution in [0.15, 0.2) is 72.8 Å².